The highest BCUT2D eigenvalue weighted by molar-refractivity contribution is 7.88. The Hall–Kier alpha value is -2.59. The van der Waals surface area contributed by atoms with E-state index in [4.69, 9.17) is 9.47 Å². The second-order valence-corrected chi connectivity index (χ2v) is 9.48. The van der Waals surface area contributed by atoms with E-state index in [0.29, 0.717) is 62.9 Å². The predicted molar refractivity (Wildman–Crippen MR) is 118 cm³/mol. The van der Waals surface area contributed by atoms with Gasteiger partial charge in [-0.25, -0.2) is 12.7 Å². The standard InChI is InChI=1S/C21H30N4O5S/c1-4-29-19-7-6-16(12-20(19)30-5-2)14-24-15-18(13-22-24)23-21(26)17-8-10-25(11-9-17)31(3,27)28/h6-7,12-13,15,17H,4-5,8-11,14H2,1-3H3,(H,23,26). The topological polar surface area (TPSA) is 103 Å². The number of sulfonamides is 1. The molecule has 0 bridgehead atoms. The van der Waals surface area contributed by atoms with Crippen LogP contribution in [0.25, 0.3) is 0 Å². The molecule has 0 aliphatic carbocycles. The Bertz CT molecular complexity index is 997. The van der Waals surface area contributed by atoms with Crippen LogP contribution in [0.2, 0.25) is 0 Å². The number of aromatic nitrogens is 2. The van der Waals surface area contributed by atoms with E-state index >= 15 is 0 Å². The summed E-state index contributed by atoms with van der Waals surface area (Å²) in [6, 6.07) is 5.78. The van der Waals surface area contributed by atoms with Gasteiger partial charge in [-0.2, -0.15) is 5.10 Å². The van der Waals surface area contributed by atoms with E-state index in [0.717, 1.165) is 5.56 Å². The van der Waals surface area contributed by atoms with Crippen LogP contribution in [0.4, 0.5) is 5.69 Å². The van der Waals surface area contributed by atoms with E-state index in [1.165, 1.54) is 10.6 Å². The number of benzene rings is 1. The minimum atomic E-state index is -3.20. The molecule has 0 spiro atoms. The lowest BCUT2D eigenvalue weighted by atomic mass is 9.97. The number of anilines is 1. The minimum absolute atomic E-state index is 0.104. The molecule has 1 aliphatic rings. The van der Waals surface area contributed by atoms with E-state index in [1.807, 2.05) is 32.0 Å². The van der Waals surface area contributed by atoms with Crippen LogP contribution >= 0.6 is 0 Å². The molecular weight excluding hydrogens is 420 g/mol. The molecule has 10 heteroatoms. The van der Waals surface area contributed by atoms with Crippen molar-refractivity contribution in [3.05, 3.63) is 36.2 Å². The molecule has 170 valence electrons. The van der Waals surface area contributed by atoms with E-state index in [-0.39, 0.29) is 11.8 Å². The van der Waals surface area contributed by atoms with Gasteiger partial charge in [0.25, 0.3) is 0 Å². The average molecular weight is 451 g/mol. The maximum absolute atomic E-state index is 12.6. The van der Waals surface area contributed by atoms with E-state index in [1.54, 1.807) is 17.1 Å². The third-order valence-corrected chi connectivity index (χ3v) is 6.45. The van der Waals surface area contributed by atoms with Gasteiger partial charge in [0.2, 0.25) is 15.9 Å². The van der Waals surface area contributed by atoms with Gasteiger partial charge < -0.3 is 14.8 Å². The van der Waals surface area contributed by atoms with Gasteiger partial charge in [0, 0.05) is 25.2 Å². The molecule has 0 saturated carbocycles. The number of carbonyl (C=O) groups is 1. The number of hydrogen-bond acceptors (Lipinski definition) is 6. The molecule has 1 aliphatic heterocycles. The van der Waals surface area contributed by atoms with Crippen LogP contribution in [0.5, 0.6) is 11.5 Å². The second-order valence-electron chi connectivity index (χ2n) is 7.50. The van der Waals surface area contributed by atoms with Crippen molar-refractivity contribution >= 4 is 21.6 Å². The molecule has 0 unspecified atom stereocenters. The maximum atomic E-state index is 12.6. The molecule has 3 rings (SSSR count). The van der Waals surface area contributed by atoms with Crippen molar-refractivity contribution in [3.63, 3.8) is 0 Å². The Morgan fingerprint density at radius 1 is 1.16 bits per heavy atom. The lowest BCUT2D eigenvalue weighted by Gasteiger charge is -2.29. The quantitative estimate of drug-likeness (QED) is 0.629. The van der Waals surface area contributed by atoms with Gasteiger partial charge in [-0.05, 0) is 44.4 Å². The molecule has 0 radical (unpaired) electrons. The molecule has 1 fully saturated rings. The van der Waals surface area contributed by atoms with Gasteiger partial charge in [0.1, 0.15) is 0 Å². The average Bonchev–Trinajstić information content (AvgIpc) is 3.16. The Labute approximate surface area is 183 Å². The summed E-state index contributed by atoms with van der Waals surface area (Å²) in [6.45, 7) is 6.23. The lowest BCUT2D eigenvalue weighted by Crippen LogP contribution is -2.40. The Kier molecular flexibility index (Phi) is 7.55. The Morgan fingerprint density at radius 2 is 1.84 bits per heavy atom. The third kappa shape index (κ3) is 6.20. The summed E-state index contributed by atoms with van der Waals surface area (Å²) in [4.78, 5) is 12.6. The molecule has 1 saturated heterocycles. The summed E-state index contributed by atoms with van der Waals surface area (Å²) in [5.74, 6) is 1.10. The van der Waals surface area contributed by atoms with Crippen molar-refractivity contribution in [2.75, 3.05) is 37.9 Å². The third-order valence-electron chi connectivity index (χ3n) is 5.15. The van der Waals surface area contributed by atoms with Crippen molar-refractivity contribution in [1.29, 1.82) is 0 Å². The normalized spacial score (nSPS) is 15.6. The molecule has 1 aromatic carbocycles. The van der Waals surface area contributed by atoms with Gasteiger partial charge in [0.15, 0.2) is 11.5 Å². The van der Waals surface area contributed by atoms with E-state index < -0.39 is 10.0 Å². The summed E-state index contributed by atoms with van der Waals surface area (Å²) >= 11 is 0. The number of hydrogen-bond donors (Lipinski definition) is 1. The first-order valence-electron chi connectivity index (χ1n) is 10.5. The highest BCUT2D eigenvalue weighted by Gasteiger charge is 2.29. The number of rotatable bonds is 9. The lowest BCUT2D eigenvalue weighted by molar-refractivity contribution is -0.120. The molecule has 31 heavy (non-hydrogen) atoms. The van der Waals surface area contributed by atoms with Gasteiger partial charge in [-0.15, -0.1) is 0 Å². The van der Waals surface area contributed by atoms with Crippen LogP contribution in [-0.4, -0.2) is 61.0 Å². The number of carbonyl (C=O) groups excluding carboxylic acids is 1. The fraction of sp³-hybridized carbons (Fsp3) is 0.524. The fourth-order valence-electron chi connectivity index (χ4n) is 3.59. The number of piperidine rings is 1. The number of amides is 1. The number of nitrogens with zero attached hydrogens (tertiary/aromatic N) is 3. The molecule has 2 aromatic rings. The monoisotopic (exact) mass is 450 g/mol. The summed E-state index contributed by atoms with van der Waals surface area (Å²) < 4.78 is 37.7. The van der Waals surface area contributed by atoms with Gasteiger partial charge in [-0.1, -0.05) is 6.07 Å². The van der Waals surface area contributed by atoms with Crippen LogP contribution in [0.1, 0.15) is 32.3 Å². The molecule has 2 heterocycles. The highest BCUT2D eigenvalue weighted by Crippen LogP contribution is 2.29. The van der Waals surface area contributed by atoms with Crippen molar-refractivity contribution in [2.24, 2.45) is 5.92 Å². The maximum Gasteiger partial charge on any atom is 0.227 e. The zero-order valence-electron chi connectivity index (χ0n) is 18.2. The van der Waals surface area contributed by atoms with Crippen molar-refractivity contribution in [3.8, 4) is 11.5 Å². The fourth-order valence-corrected chi connectivity index (χ4v) is 4.46. The number of nitrogens with one attached hydrogen (secondary N) is 1. The Morgan fingerprint density at radius 3 is 2.48 bits per heavy atom. The zero-order valence-corrected chi connectivity index (χ0v) is 19.0. The van der Waals surface area contributed by atoms with Crippen LogP contribution in [0, 0.1) is 5.92 Å². The highest BCUT2D eigenvalue weighted by atomic mass is 32.2. The number of ether oxygens (including phenoxy) is 2. The first-order valence-corrected chi connectivity index (χ1v) is 12.3. The SMILES string of the molecule is CCOc1ccc(Cn2cc(NC(=O)C3CCN(S(C)(=O)=O)CC3)cn2)cc1OCC. The summed E-state index contributed by atoms with van der Waals surface area (Å²) in [7, 11) is -3.20. The van der Waals surface area contributed by atoms with E-state index in [9.17, 15) is 13.2 Å². The van der Waals surface area contributed by atoms with Crippen molar-refractivity contribution in [2.45, 2.75) is 33.2 Å². The smallest absolute Gasteiger partial charge is 0.227 e. The van der Waals surface area contributed by atoms with Crippen LogP contribution in [-0.2, 0) is 21.4 Å². The van der Waals surface area contributed by atoms with Crippen molar-refractivity contribution in [1.82, 2.24) is 14.1 Å². The molecule has 9 nitrogen and oxygen atoms in total. The summed E-state index contributed by atoms with van der Waals surface area (Å²) in [5.41, 5.74) is 1.62. The summed E-state index contributed by atoms with van der Waals surface area (Å²) in [5, 5.41) is 7.22. The van der Waals surface area contributed by atoms with Gasteiger partial charge in [0.05, 0.1) is 37.9 Å². The Balaban J connectivity index is 1.58. The van der Waals surface area contributed by atoms with Crippen LogP contribution in [0.15, 0.2) is 30.6 Å². The second kappa shape index (κ2) is 10.1. The molecule has 0 atom stereocenters. The van der Waals surface area contributed by atoms with Crippen LogP contribution < -0.4 is 14.8 Å². The zero-order chi connectivity index (χ0) is 22.4. The summed E-state index contributed by atoms with van der Waals surface area (Å²) in [6.07, 6.45) is 5.62. The van der Waals surface area contributed by atoms with Gasteiger partial charge >= 0.3 is 0 Å². The molecule has 1 amide bonds. The molecular formula is C21H30N4O5S. The van der Waals surface area contributed by atoms with Gasteiger partial charge in [-0.3, -0.25) is 9.48 Å². The first-order chi connectivity index (χ1) is 14.8. The minimum Gasteiger partial charge on any atom is -0.490 e. The largest absolute Gasteiger partial charge is 0.490 e. The molecule has 1 aromatic heterocycles. The van der Waals surface area contributed by atoms with Crippen molar-refractivity contribution < 1.29 is 22.7 Å². The molecule has 1 N–H and O–H groups in total. The predicted octanol–water partition coefficient (Wildman–Crippen LogP) is 2.34. The first kappa shape index (κ1) is 23.1. The van der Waals surface area contributed by atoms with Crippen LogP contribution in [0.3, 0.4) is 0 Å². The van der Waals surface area contributed by atoms with E-state index in [2.05, 4.69) is 10.4 Å².